The Hall–Kier alpha value is -1.94. The summed E-state index contributed by atoms with van der Waals surface area (Å²) in [6.07, 6.45) is -0.699. The number of ether oxygens (including phenoxy) is 1. The van der Waals surface area contributed by atoms with Crippen molar-refractivity contribution in [2.24, 2.45) is 0 Å². The molecule has 7 nitrogen and oxygen atoms in total. The van der Waals surface area contributed by atoms with E-state index in [-0.39, 0.29) is 24.8 Å². The van der Waals surface area contributed by atoms with Crippen LogP contribution in [0.1, 0.15) is 10.5 Å². The van der Waals surface area contributed by atoms with Gasteiger partial charge in [-0.15, -0.1) is 10.2 Å². The molecule has 1 unspecified atom stereocenters. The summed E-state index contributed by atoms with van der Waals surface area (Å²) in [5.74, 6) is 0.889. The molecule has 2 rings (SSSR count). The van der Waals surface area contributed by atoms with Gasteiger partial charge in [0.05, 0.1) is 0 Å². The molecule has 0 aliphatic heterocycles. The SMILES string of the molecule is CNC(=O)c1ccc(NCC(O)COc2ccc(I)cc2)nn1. The number of nitrogens with zero attached hydrogens (tertiary/aromatic N) is 2. The Morgan fingerprint density at radius 1 is 1.26 bits per heavy atom. The van der Waals surface area contributed by atoms with E-state index in [4.69, 9.17) is 4.74 Å². The van der Waals surface area contributed by atoms with Gasteiger partial charge in [0, 0.05) is 17.2 Å². The highest BCUT2D eigenvalue weighted by molar-refractivity contribution is 14.1. The summed E-state index contributed by atoms with van der Waals surface area (Å²) in [6.45, 7) is 0.426. The molecule has 0 spiro atoms. The average Bonchev–Trinajstić information content (AvgIpc) is 2.59. The zero-order valence-corrected chi connectivity index (χ0v) is 14.6. The summed E-state index contributed by atoms with van der Waals surface area (Å²) in [7, 11) is 1.53. The maximum atomic E-state index is 11.3. The van der Waals surface area contributed by atoms with Gasteiger partial charge >= 0.3 is 0 Å². The molecule has 1 amide bonds. The third-order valence-electron chi connectivity index (χ3n) is 2.90. The smallest absolute Gasteiger partial charge is 0.271 e. The summed E-state index contributed by atoms with van der Waals surface area (Å²) in [6, 6.07) is 10.8. The molecule has 0 saturated carbocycles. The maximum absolute atomic E-state index is 11.3. The van der Waals surface area contributed by atoms with Crippen LogP contribution in [0, 0.1) is 3.57 Å². The Bertz CT molecular complexity index is 634. The number of hydrogen-bond acceptors (Lipinski definition) is 6. The van der Waals surface area contributed by atoms with E-state index < -0.39 is 6.10 Å². The Morgan fingerprint density at radius 2 is 2.00 bits per heavy atom. The topological polar surface area (TPSA) is 96.4 Å². The van der Waals surface area contributed by atoms with Crippen molar-refractivity contribution in [2.45, 2.75) is 6.10 Å². The molecule has 0 fully saturated rings. The van der Waals surface area contributed by atoms with Gasteiger partial charge in [-0.2, -0.15) is 0 Å². The van der Waals surface area contributed by atoms with Gasteiger partial charge in [-0.05, 0) is 59.0 Å². The Balaban J connectivity index is 1.76. The summed E-state index contributed by atoms with van der Waals surface area (Å²) in [4.78, 5) is 11.3. The van der Waals surface area contributed by atoms with Crippen LogP contribution in [-0.2, 0) is 0 Å². The van der Waals surface area contributed by atoms with Gasteiger partial charge in [-0.1, -0.05) is 0 Å². The van der Waals surface area contributed by atoms with Crippen molar-refractivity contribution in [2.75, 3.05) is 25.5 Å². The first-order chi connectivity index (χ1) is 11.1. The standard InChI is InChI=1S/C15H17IN4O3/c1-17-15(22)13-6-7-14(20-19-13)18-8-11(21)9-23-12-4-2-10(16)3-5-12/h2-7,11,21H,8-9H2,1H3,(H,17,22)(H,18,20). The quantitative estimate of drug-likeness (QED) is 0.576. The molecule has 0 bridgehead atoms. The molecule has 2 aromatic rings. The van der Waals surface area contributed by atoms with Gasteiger partial charge in [0.1, 0.15) is 24.3 Å². The number of aliphatic hydroxyl groups is 1. The molecule has 3 N–H and O–H groups in total. The molecule has 1 atom stereocenters. The van der Waals surface area contributed by atoms with Crippen LogP contribution in [0.4, 0.5) is 5.82 Å². The number of aromatic nitrogens is 2. The fourth-order valence-electron chi connectivity index (χ4n) is 1.68. The first-order valence-corrected chi connectivity index (χ1v) is 8.02. The lowest BCUT2D eigenvalue weighted by molar-refractivity contribution is 0.0957. The average molecular weight is 428 g/mol. The highest BCUT2D eigenvalue weighted by atomic mass is 127. The van der Waals surface area contributed by atoms with Crippen molar-refractivity contribution in [3.63, 3.8) is 0 Å². The number of nitrogens with one attached hydrogen (secondary N) is 2. The molecule has 1 aromatic heterocycles. The lowest BCUT2D eigenvalue weighted by Crippen LogP contribution is -2.27. The van der Waals surface area contributed by atoms with E-state index in [9.17, 15) is 9.90 Å². The summed E-state index contributed by atoms with van der Waals surface area (Å²) in [5.41, 5.74) is 0.237. The molecule has 122 valence electrons. The summed E-state index contributed by atoms with van der Waals surface area (Å²) in [5, 5.41) is 23.0. The third kappa shape index (κ3) is 5.64. The van der Waals surface area contributed by atoms with Crippen LogP contribution in [0.15, 0.2) is 36.4 Å². The molecule has 0 aliphatic carbocycles. The highest BCUT2D eigenvalue weighted by Crippen LogP contribution is 2.13. The van der Waals surface area contributed by atoms with Crippen molar-refractivity contribution >= 4 is 34.3 Å². The van der Waals surface area contributed by atoms with E-state index >= 15 is 0 Å². The zero-order valence-electron chi connectivity index (χ0n) is 12.5. The number of aliphatic hydroxyl groups excluding tert-OH is 1. The number of halogens is 1. The second-order valence-corrected chi connectivity index (χ2v) is 5.93. The normalized spacial score (nSPS) is 11.6. The lowest BCUT2D eigenvalue weighted by Gasteiger charge is -2.13. The first-order valence-electron chi connectivity index (χ1n) is 6.94. The van der Waals surface area contributed by atoms with Crippen LogP contribution in [0.5, 0.6) is 5.75 Å². The Morgan fingerprint density at radius 3 is 2.61 bits per heavy atom. The minimum absolute atomic E-state index is 0.164. The van der Waals surface area contributed by atoms with Crippen LogP contribution in [-0.4, -0.2) is 47.5 Å². The lowest BCUT2D eigenvalue weighted by atomic mass is 10.3. The molecule has 1 aromatic carbocycles. The minimum atomic E-state index is -0.699. The fourth-order valence-corrected chi connectivity index (χ4v) is 2.04. The van der Waals surface area contributed by atoms with Gasteiger partial charge in [0.15, 0.2) is 5.69 Å². The van der Waals surface area contributed by atoms with Crippen LogP contribution < -0.4 is 15.4 Å². The van der Waals surface area contributed by atoms with Crippen molar-refractivity contribution in [3.05, 3.63) is 45.7 Å². The van der Waals surface area contributed by atoms with E-state index in [0.717, 1.165) is 3.57 Å². The van der Waals surface area contributed by atoms with E-state index in [1.807, 2.05) is 24.3 Å². The molecule has 1 heterocycles. The molecule has 8 heteroatoms. The van der Waals surface area contributed by atoms with E-state index in [1.165, 1.54) is 7.05 Å². The summed E-state index contributed by atoms with van der Waals surface area (Å²) < 4.78 is 6.62. The number of amides is 1. The molecular weight excluding hydrogens is 411 g/mol. The largest absolute Gasteiger partial charge is 0.491 e. The van der Waals surface area contributed by atoms with Crippen molar-refractivity contribution in [1.29, 1.82) is 0 Å². The van der Waals surface area contributed by atoms with Crippen LogP contribution in [0.25, 0.3) is 0 Å². The highest BCUT2D eigenvalue weighted by Gasteiger charge is 2.08. The third-order valence-corrected chi connectivity index (χ3v) is 3.62. The molecule has 0 saturated heterocycles. The monoisotopic (exact) mass is 428 g/mol. The second-order valence-electron chi connectivity index (χ2n) is 4.68. The van der Waals surface area contributed by atoms with Crippen molar-refractivity contribution in [3.8, 4) is 5.75 Å². The molecule has 0 radical (unpaired) electrons. The van der Waals surface area contributed by atoms with Crippen LogP contribution in [0.3, 0.4) is 0 Å². The number of carbonyl (C=O) groups excluding carboxylic acids is 1. The van der Waals surface area contributed by atoms with E-state index in [1.54, 1.807) is 12.1 Å². The van der Waals surface area contributed by atoms with Gasteiger partial charge < -0.3 is 20.5 Å². The van der Waals surface area contributed by atoms with Gasteiger partial charge in [0.2, 0.25) is 0 Å². The Labute approximate surface area is 147 Å². The zero-order chi connectivity index (χ0) is 16.7. The van der Waals surface area contributed by atoms with Crippen LogP contribution in [0.2, 0.25) is 0 Å². The number of rotatable bonds is 7. The van der Waals surface area contributed by atoms with Gasteiger partial charge in [-0.3, -0.25) is 4.79 Å². The summed E-state index contributed by atoms with van der Waals surface area (Å²) >= 11 is 2.21. The van der Waals surface area contributed by atoms with Crippen molar-refractivity contribution < 1.29 is 14.6 Å². The maximum Gasteiger partial charge on any atom is 0.271 e. The minimum Gasteiger partial charge on any atom is -0.491 e. The predicted octanol–water partition coefficient (Wildman–Crippen LogP) is 1.29. The van der Waals surface area contributed by atoms with E-state index in [2.05, 4.69) is 43.4 Å². The Kier molecular flexibility index (Phi) is 6.53. The first kappa shape index (κ1) is 17.4. The van der Waals surface area contributed by atoms with Crippen molar-refractivity contribution in [1.82, 2.24) is 15.5 Å². The number of anilines is 1. The molecule has 23 heavy (non-hydrogen) atoms. The van der Waals surface area contributed by atoms with Gasteiger partial charge in [0.25, 0.3) is 5.91 Å². The predicted molar refractivity (Wildman–Crippen MR) is 94.6 cm³/mol. The molecular formula is C15H17IN4O3. The number of benzene rings is 1. The second kappa shape index (κ2) is 8.63. The fraction of sp³-hybridized carbons (Fsp3) is 0.267. The van der Waals surface area contributed by atoms with Crippen LogP contribution >= 0.6 is 22.6 Å². The number of hydrogen-bond donors (Lipinski definition) is 3. The van der Waals surface area contributed by atoms with Gasteiger partial charge in [-0.25, -0.2) is 0 Å². The molecule has 0 aliphatic rings. The van der Waals surface area contributed by atoms with E-state index in [0.29, 0.717) is 11.6 Å². The number of carbonyl (C=O) groups is 1.